The Kier molecular flexibility index (Phi) is 4.07. The molecule has 2 aromatic rings. The van der Waals surface area contributed by atoms with Crippen molar-refractivity contribution in [1.82, 2.24) is 0 Å². The highest BCUT2D eigenvalue weighted by molar-refractivity contribution is 6.35. The molecule has 132 valence electrons. The summed E-state index contributed by atoms with van der Waals surface area (Å²) in [6.07, 6.45) is 3.34. The second-order valence-corrected chi connectivity index (χ2v) is 6.80. The molecule has 26 heavy (non-hydrogen) atoms. The van der Waals surface area contributed by atoms with Crippen molar-refractivity contribution in [2.75, 3.05) is 22.9 Å². The van der Waals surface area contributed by atoms with Crippen molar-refractivity contribution >= 4 is 29.0 Å². The zero-order valence-corrected chi connectivity index (χ0v) is 14.7. The lowest BCUT2D eigenvalue weighted by Gasteiger charge is -2.32. The Labute approximate surface area is 152 Å². The van der Waals surface area contributed by atoms with Crippen molar-refractivity contribution in [2.24, 2.45) is 0 Å². The van der Waals surface area contributed by atoms with E-state index in [9.17, 15) is 14.4 Å². The Balaban J connectivity index is 1.84. The number of fused-ring (bicyclic) bond motifs is 1. The van der Waals surface area contributed by atoms with Crippen LogP contribution < -0.4 is 9.80 Å². The zero-order valence-electron chi connectivity index (χ0n) is 14.7. The van der Waals surface area contributed by atoms with Crippen molar-refractivity contribution < 1.29 is 14.4 Å². The molecule has 0 aliphatic carbocycles. The van der Waals surface area contributed by atoms with Crippen LogP contribution in [0.15, 0.2) is 42.5 Å². The Bertz CT molecular complexity index is 878. The molecule has 4 rings (SSSR count). The van der Waals surface area contributed by atoms with Gasteiger partial charge < -0.3 is 4.90 Å². The van der Waals surface area contributed by atoms with Crippen LogP contribution in [-0.2, 0) is 0 Å². The molecule has 0 N–H and O–H groups in total. The zero-order chi connectivity index (χ0) is 18.3. The number of benzene rings is 2. The predicted octanol–water partition coefficient (Wildman–Crippen LogP) is 3.68. The van der Waals surface area contributed by atoms with Gasteiger partial charge in [0.25, 0.3) is 11.8 Å². The van der Waals surface area contributed by atoms with Gasteiger partial charge in [0, 0.05) is 18.7 Å². The van der Waals surface area contributed by atoms with Crippen LogP contribution in [0, 0.1) is 0 Å². The number of carbonyl (C=O) groups is 3. The first kappa shape index (κ1) is 16.5. The number of amides is 2. The molecule has 0 radical (unpaired) electrons. The molecule has 0 spiro atoms. The van der Waals surface area contributed by atoms with Crippen LogP contribution in [0.1, 0.15) is 57.3 Å². The van der Waals surface area contributed by atoms with E-state index in [0.29, 0.717) is 22.4 Å². The molecular formula is C21H20N2O3. The SMILES string of the molecule is CC(=O)c1ccc(N2CCCCC2)c(N2C(=O)c3ccccc3C2=O)c1. The number of rotatable bonds is 3. The van der Waals surface area contributed by atoms with E-state index in [2.05, 4.69) is 4.90 Å². The minimum Gasteiger partial charge on any atom is -0.370 e. The molecule has 2 aliphatic heterocycles. The molecule has 1 fully saturated rings. The second-order valence-electron chi connectivity index (χ2n) is 6.80. The maximum absolute atomic E-state index is 12.9. The lowest BCUT2D eigenvalue weighted by molar-refractivity contribution is 0.0923. The molecule has 5 heteroatoms. The smallest absolute Gasteiger partial charge is 0.266 e. The van der Waals surface area contributed by atoms with Gasteiger partial charge in [-0.05, 0) is 56.5 Å². The first-order valence-corrected chi connectivity index (χ1v) is 8.95. The van der Waals surface area contributed by atoms with Crippen LogP contribution in [0.25, 0.3) is 0 Å². The van der Waals surface area contributed by atoms with Gasteiger partial charge >= 0.3 is 0 Å². The average Bonchev–Trinajstić information content (AvgIpc) is 2.93. The van der Waals surface area contributed by atoms with Crippen LogP contribution in [0.5, 0.6) is 0 Å². The third-order valence-electron chi connectivity index (χ3n) is 5.11. The minimum atomic E-state index is -0.329. The number of nitrogens with zero attached hydrogens (tertiary/aromatic N) is 2. The highest BCUT2D eigenvalue weighted by Gasteiger charge is 2.38. The molecule has 2 heterocycles. The van der Waals surface area contributed by atoms with Crippen LogP contribution in [0.3, 0.4) is 0 Å². The number of Topliss-reactive ketones (excluding diaryl/α,β-unsaturated/α-hetero) is 1. The summed E-state index contributed by atoms with van der Waals surface area (Å²) in [5.41, 5.74) is 2.66. The Morgan fingerprint density at radius 3 is 2.04 bits per heavy atom. The normalized spacial score (nSPS) is 16.8. The molecule has 2 aliphatic rings. The molecular weight excluding hydrogens is 328 g/mol. The van der Waals surface area contributed by atoms with Gasteiger partial charge in [-0.3, -0.25) is 14.4 Å². The molecule has 5 nitrogen and oxygen atoms in total. The summed E-state index contributed by atoms with van der Waals surface area (Å²) in [5, 5.41) is 0. The minimum absolute atomic E-state index is 0.0898. The summed E-state index contributed by atoms with van der Waals surface area (Å²) in [6, 6.07) is 12.2. The van der Waals surface area contributed by atoms with E-state index in [4.69, 9.17) is 0 Å². The van der Waals surface area contributed by atoms with Gasteiger partial charge in [-0.15, -0.1) is 0 Å². The van der Waals surface area contributed by atoms with E-state index < -0.39 is 0 Å². The molecule has 0 saturated carbocycles. The summed E-state index contributed by atoms with van der Waals surface area (Å²) in [6.45, 7) is 3.26. The molecule has 0 atom stereocenters. The van der Waals surface area contributed by atoms with Gasteiger partial charge in [-0.25, -0.2) is 4.90 Å². The highest BCUT2D eigenvalue weighted by atomic mass is 16.2. The molecule has 2 aromatic carbocycles. The van der Waals surface area contributed by atoms with E-state index in [1.54, 1.807) is 36.4 Å². The summed E-state index contributed by atoms with van der Waals surface area (Å²) >= 11 is 0. The van der Waals surface area contributed by atoms with Gasteiger partial charge in [-0.2, -0.15) is 0 Å². The standard InChI is InChI=1S/C21H20N2O3/c1-14(24)15-9-10-18(22-11-5-2-6-12-22)19(13-15)23-20(25)16-7-3-4-8-17(16)21(23)26/h3-4,7-10,13H,2,5-6,11-12H2,1H3. The fourth-order valence-electron chi connectivity index (χ4n) is 3.73. The van der Waals surface area contributed by atoms with E-state index in [1.807, 2.05) is 6.07 Å². The van der Waals surface area contributed by atoms with Crippen LogP contribution in [0.2, 0.25) is 0 Å². The number of hydrogen-bond donors (Lipinski definition) is 0. The van der Waals surface area contributed by atoms with Crippen LogP contribution in [0.4, 0.5) is 11.4 Å². The summed E-state index contributed by atoms with van der Waals surface area (Å²) < 4.78 is 0. The molecule has 1 saturated heterocycles. The predicted molar refractivity (Wildman–Crippen MR) is 100 cm³/mol. The summed E-state index contributed by atoms with van der Waals surface area (Å²) in [7, 11) is 0. The van der Waals surface area contributed by atoms with Crippen molar-refractivity contribution in [2.45, 2.75) is 26.2 Å². The second kappa shape index (κ2) is 6.41. The van der Waals surface area contributed by atoms with Crippen LogP contribution >= 0.6 is 0 Å². The number of carbonyl (C=O) groups excluding carboxylic acids is 3. The number of piperidine rings is 1. The quantitative estimate of drug-likeness (QED) is 0.627. The van der Waals surface area contributed by atoms with Gasteiger partial charge in [0.2, 0.25) is 0 Å². The maximum Gasteiger partial charge on any atom is 0.266 e. The third-order valence-corrected chi connectivity index (χ3v) is 5.11. The Morgan fingerprint density at radius 1 is 0.846 bits per heavy atom. The Hall–Kier alpha value is -2.95. The highest BCUT2D eigenvalue weighted by Crippen LogP contribution is 2.37. The van der Waals surface area contributed by atoms with Gasteiger partial charge in [0.1, 0.15) is 0 Å². The fourth-order valence-corrected chi connectivity index (χ4v) is 3.73. The van der Waals surface area contributed by atoms with E-state index in [0.717, 1.165) is 31.6 Å². The average molecular weight is 348 g/mol. The van der Waals surface area contributed by atoms with Crippen molar-refractivity contribution in [3.63, 3.8) is 0 Å². The van der Waals surface area contributed by atoms with E-state index in [1.165, 1.54) is 18.2 Å². The monoisotopic (exact) mass is 348 g/mol. The number of hydrogen-bond acceptors (Lipinski definition) is 4. The Morgan fingerprint density at radius 2 is 1.46 bits per heavy atom. The first-order valence-electron chi connectivity index (χ1n) is 8.95. The van der Waals surface area contributed by atoms with Crippen LogP contribution in [-0.4, -0.2) is 30.7 Å². The lowest BCUT2D eigenvalue weighted by atomic mass is 10.1. The summed E-state index contributed by atoms with van der Waals surface area (Å²) in [5.74, 6) is -0.748. The summed E-state index contributed by atoms with van der Waals surface area (Å²) in [4.78, 5) is 41.2. The molecule has 2 amide bonds. The number of imide groups is 1. The van der Waals surface area contributed by atoms with Gasteiger partial charge in [0.05, 0.1) is 22.5 Å². The van der Waals surface area contributed by atoms with Crippen molar-refractivity contribution in [1.29, 1.82) is 0 Å². The van der Waals surface area contributed by atoms with Crippen molar-refractivity contribution in [3.05, 3.63) is 59.2 Å². The van der Waals surface area contributed by atoms with E-state index in [-0.39, 0.29) is 17.6 Å². The molecule has 0 unspecified atom stereocenters. The molecule has 0 aromatic heterocycles. The molecule has 0 bridgehead atoms. The van der Waals surface area contributed by atoms with E-state index >= 15 is 0 Å². The topological polar surface area (TPSA) is 57.7 Å². The largest absolute Gasteiger partial charge is 0.370 e. The van der Waals surface area contributed by atoms with Gasteiger partial charge in [-0.1, -0.05) is 12.1 Å². The van der Waals surface area contributed by atoms with Crippen molar-refractivity contribution in [3.8, 4) is 0 Å². The fraction of sp³-hybridized carbons (Fsp3) is 0.286. The van der Waals surface area contributed by atoms with Gasteiger partial charge in [0.15, 0.2) is 5.78 Å². The number of ketones is 1. The maximum atomic E-state index is 12.9. The lowest BCUT2D eigenvalue weighted by Crippen LogP contribution is -2.35. The third kappa shape index (κ3) is 2.60. The first-order chi connectivity index (χ1) is 12.6. The number of anilines is 2.